The lowest BCUT2D eigenvalue weighted by atomic mass is 10.1. The second-order valence-electron chi connectivity index (χ2n) is 3.58. The van der Waals surface area contributed by atoms with E-state index in [1.165, 1.54) is 10.8 Å². The third kappa shape index (κ3) is 3.73. The van der Waals surface area contributed by atoms with Crippen molar-refractivity contribution in [1.82, 2.24) is 0 Å². The summed E-state index contributed by atoms with van der Waals surface area (Å²) in [5.74, 6) is 0.682. The molecule has 1 aromatic carbocycles. The Balaban J connectivity index is 2.22. The number of methoxy groups -OCH3 is 1. The van der Waals surface area contributed by atoms with Gasteiger partial charge in [-0.05, 0) is 29.9 Å². The highest BCUT2D eigenvalue weighted by Gasteiger charge is 2.29. The van der Waals surface area contributed by atoms with Crippen LogP contribution in [0.4, 0.5) is 0 Å². The number of rotatable bonds is 4. The molecule has 0 aromatic heterocycles. The monoisotopic (exact) mass is 322 g/mol. The van der Waals surface area contributed by atoms with E-state index in [2.05, 4.69) is 3.74 Å². The minimum absolute atomic E-state index is 0.682. The Kier molecular flexibility index (Phi) is 4.57. The van der Waals surface area contributed by atoms with Crippen molar-refractivity contribution < 1.29 is 32.7 Å². The molecule has 0 saturated carbocycles. The van der Waals surface area contributed by atoms with Crippen molar-refractivity contribution >= 4 is 30.4 Å². The Morgan fingerprint density at radius 2 is 1.89 bits per heavy atom. The summed E-state index contributed by atoms with van der Waals surface area (Å²) < 4.78 is 41.6. The molecule has 8 heteroatoms. The van der Waals surface area contributed by atoms with E-state index >= 15 is 0 Å². The van der Waals surface area contributed by atoms with Gasteiger partial charge in [0.15, 0.2) is 9.80 Å². The maximum atomic E-state index is 10.6. The zero-order valence-electron chi connectivity index (χ0n) is 10.1. The standard InChI is InChI=1S/C11H11ClO5S2/c1-8-7-11(18-19(8)17-12(13,14)15)9-5-3-4-6-10(9)16-2/h3-7H,1-2H3. The molecule has 0 saturated heterocycles. The van der Waals surface area contributed by atoms with Crippen molar-refractivity contribution in [3.63, 3.8) is 0 Å². The van der Waals surface area contributed by atoms with Crippen LogP contribution in [0.25, 0.3) is 4.91 Å². The van der Waals surface area contributed by atoms with Crippen LogP contribution >= 0.6 is 20.6 Å². The molecule has 0 amide bonds. The summed E-state index contributed by atoms with van der Waals surface area (Å²) in [5.41, 5.74) is 0.841. The number of para-hydroxylation sites is 1. The Hall–Kier alpha value is -0.540. The molecule has 0 spiro atoms. The van der Waals surface area contributed by atoms with Crippen molar-refractivity contribution in [2.75, 3.05) is 7.11 Å². The van der Waals surface area contributed by atoms with E-state index in [0.29, 0.717) is 10.6 Å². The first-order chi connectivity index (χ1) is 8.90. The maximum Gasteiger partial charge on any atom is 0.175 e. The second kappa shape index (κ2) is 5.84. The van der Waals surface area contributed by atoms with Crippen molar-refractivity contribution in [2.45, 2.75) is 6.92 Å². The Bertz CT molecular complexity index is 550. The third-order valence-corrected chi connectivity index (χ3v) is 6.90. The van der Waals surface area contributed by atoms with Gasteiger partial charge in [0.05, 0.1) is 17.4 Å². The lowest BCUT2D eigenvalue weighted by molar-refractivity contribution is -1.91. The van der Waals surface area contributed by atoms with E-state index in [1.54, 1.807) is 20.1 Å². The summed E-state index contributed by atoms with van der Waals surface area (Å²) in [5, 5.41) is 0. The zero-order valence-corrected chi connectivity index (χ0v) is 12.5. The first-order valence-corrected chi connectivity index (χ1v) is 8.84. The summed E-state index contributed by atoms with van der Waals surface area (Å²) >= 11 is 0. The van der Waals surface area contributed by atoms with Gasteiger partial charge >= 0.3 is 0 Å². The number of benzene rings is 1. The Morgan fingerprint density at radius 3 is 2.53 bits per heavy atom. The second-order valence-corrected chi connectivity index (χ2v) is 7.97. The van der Waals surface area contributed by atoms with Gasteiger partial charge in [0.25, 0.3) is 0 Å². The van der Waals surface area contributed by atoms with Crippen LogP contribution in [0.5, 0.6) is 5.75 Å². The van der Waals surface area contributed by atoms with Crippen molar-refractivity contribution in [2.24, 2.45) is 0 Å². The molecule has 0 fully saturated rings. The third-order valence-electron chi connectivity index (χ3n) is 2.27. The van der Waals surface area contributed by atoms with Gasteiger partial charge in [-0.3, -0.25) is 0 Å². The highest BCUT2D eigenvalue weighted by atomic mass is 35.7. The molecule has 1 atom stereocenters. The summed E-state index contributed by atoms with van der Waals surface area (Å²) in [7, 11) is -2.78. The maximum absolute atomic E-state index is 10.6. The van der Waals surface area contributed by atoms with Gasteiger partial charge in [0.2, 0.25) is 0 Å². The molecule has 0 aliphatic carbocycles. The molecule has 104 valence electrons. The van der Waals surface area contributed by atoms with E-state index in [9.17, 15) is 14.0 Å². The minimum atomic E-state index is -4.43. The van der Waals surface area contributed by atoms with Crippen LogP contribution in [-0.2, 0) is 3.74 Å². The van der Waals surface area contributed by atoms with Crippen LogP contribution in [0, 0.1) is 10.2 Å². The van der Waals surface area contributed by atoms with Crippen molar-refractivity contribution in [3.8, 4) is 5.75 Å². The molecule has 0 radical (unpaired) electrons. The molecule has 0 N–H and O–H groups in total. The van der Waals surface area contributed by atoms with Gasteiger partial charge in [0.1, 0.15) is 9.49 Å². The van der Waals surface area contributed by atoms with Gasteiger partial charge in [-0.1, -0.05) is 18.2 Å². The van der Waals surface area contributed by atoms with Gasteiger partial charge in [-0.15, -0.1) is 0 Å². The fourth-order valence-electron chi connectivity index (χ4n) is 1.51. The number of ether oxygens (including phenoxy) is 1. The predicted octanol–water partition coefficient (Wildman–Crippen LogP) is -0.0120. The molecule has 1 aliphatic rings. The average Bonchev–Trinajstić information content (AvgIpc) is 2.68. The lowest BCUT2D eigenvalue weighted by Gasteiger charge is -2.13. The Labute approximate surface area is 119 Å². The summed E-state index contributed by atoms with van der Waals surface area (Å²) in [4.78, 5) is 1.51. The van der Waals surface area contributed by atoms with Crippen LogP contribution in [0.1, 0.15) is 12.5 Å². The molecule has 1 unspecified atom stereocenters. The van der Waals surface area contributed by atoms with Crippen LogP contribution in [0.2, 0.25) is 0 Å². The highest BCUT2D eigenvalue weighted by molar-refractivity contribution is 8.85. The van der Waals surface area contributed by atoms with Crippen molar-refractivity contribution in [1.29, 1.82) is 0 Å². The summed E-state index contributed by atoms with van der Waals surface area (Å²) in [6, 6.07) is 7.37. The van der Waals surface area contributed by atoms with Crippen LogP contribution in [-0.4, -0.2) is 12.0 Å². The van der Waals surface area contributed by atoms with Crippen LogP contribution in [0.15, 0.2) is 30.3 Å². The first kappa shape index (κ1) is 14.9. The fourth-order valence-corrected chi connectivity index (χ4v) is 5.87. The Morgan fingerprint density at radius 1 is 1.21 bits per heavy atom. The molecular formula is C11H11ClO5S2. The number of hydrogen-bond acceptors (Lipinski definition) is 6. The van der Waals surface area contributed by atoms with Gasteiger partial charge in [0, 0.05) is 15.3 Å². The fraction of sp³-hybridized carbons (Fsp3) is 0.182. The van der Waals surface area contributed by atoms with E-state index in [1.807, 2.05) is 24.3 Å². The first-order valence-electron chi connectivity index (χ1n) is 5.13. The number of halogens is 1. The predicted molar refractivity (Wildman–Crippen MR) is 67.9 cm³/mol. The van der Waals surface area contributed by atoms with Crippen LogP contribution < -0.4 is 18.7 Å². The van der Waals surface area contributed by atoms with Gasteiger partial charge in [-0.2, -0.15) is 14.0 Å². The molecular weight excluding hydrogens is 312 g/mol. The molecule has 1 heterocycles. The lowest BCUT2D eigenvalue weighted by Crippen LogP contribution is -2.60. The number of allylic oxidation sites excluding steroid dienone is 1. The quantitative estimate of drug-likeness (QED) is 0.572. The van der Waals surface area contributed by atoms with E-state index in [-0.39, 0.29) is 0 Å². The van der Waals surface area contributed by atoms with E-state index in [0.717, 1.165) is 10.5 Å². The topological polar surface area (TPSA) is 87.6 Å². The zero-order chi connectivity index (χ0) is 14.0. The molecule has 1 aliphatic heterocycles. The van der Waals surface area contributed by atoms with Crippen molar-refractivity contribution in [3.05, 3.63) is 35.9 Å². The molecule has 5 nitrogen and oxygen atoms in total. The number of hydrogen-bond donors (Lipinski definition) is 0. The normalized spacial score (nSPS) is 19.5. The molecule has 2 rings (SSSR count). The average molecular weight is 323 g/mol. The van der Waals surface area contributed by atoms with Gasteiger partial charge < -0.3 is 4.74 Å². The van der Waals surface area contributed by atoms with Gasteiger partial charge in [-0.25, -0.2) is 0 Å². The summed E-state index contributed by atoms with van der Waals surface area (Å²) in [6.45, 7) is 1.72. The van der Waals surface area contributed by atoms with E-state index < -0.39 is 20.0 Å². The SMILES string of the molecule is COc1ccccc1C1=CC(C)=S(O[Cl+3]([O-])([O-])[O-])S1. The molecule has 0 bridgehead atoms. The smallest absolute Gasteiger partial charge is 0.175 e. The van der Waals surface area contributed by atoms with E-state index in [4.69, 9.17) is 4.74 Å². The summed E-state index contributed by atoms with van der Waals surface area (Å²) in [6.07, 6.45) is 1.80. The molecule has 19 heavy (non-hydrogen) atoms. The highest BCUT2D eigenvalue weighted by Crippen LogP contribution is 2.51. The molecule has 1 aromatic rings. The largest absolute Gasteiger partial charge is 0.496 e. The van der Waals surface area contributed by atoms with Crippen LogP contribution in [0.3, 0.4) is 0 Å². The minimum Gasteiger partial charge on any atom is -0.496 e.